The Labute approximate surface area is 161 Å². The van der Waals surface area contributed by atoms with Crippen molar-refractivity contribution < 1.29 is 4.74 Å². The molecule has 2 aromatic carbocycles. The van der Waals surface area contributed by atoms with Gasteiger partial charge in [-0.15, -0.1) is 0 Å². The summed E-state index contributed by atoms with van der Waals surface area (Å²) in [5, 5.41) is 4.12. The molecule has 1 atom stereocenters. The van der Waals surface area contributed by atoms with Gasteiger partial charge in [-0.3, -0.25) is 4.90 Å². The zero-order valence-electron chi connectivity index (χ0n) is 15.5. The van der Waals surface area contributed by atoms with Crippen molar-refractivity contribution in [1.29, 1.82) is 0 Å². The van der Waals surface area contributed by atoms with Gasteiger partial charge in [0.2, 0.25) is 0 Å². The minimum absolute atomic E-state index is 0.429. The zero-order chi connectivity index (χ0) is 18.4. The minimum Gasteiger partial charge on any atom is -0.492 e. The van der Waals surface area contributed by atoms with Crippen LogP contribution in [-0.4, -0.2) is 47.7 Å². The van der Waals surface area contributed by atoms with Gasteiger partial charge in [-0.25, -0.2) is 0 Å². The maximum atomic E-state index is 5.67. The van der Waals surface area contributed by atoms with Gasteiger partial charge in [0.05, 0.1) is 12.3 Å². The molecule has 0 spiro atoms. The maximum absolute atomic E-state index is 5.67. The predicted octanol–water partition coefficient (Wildman–Crippen LogP) is 4.16. The van der Waals surface area contributed by atoms with Crippen molar-refractivity contribution in [3.63, 3.8) is 0 Å². The summed E-state index contributed by atoms with van der Waals surface area (Å²) in [4.78, 5) is 4.76. The molecule has 1 unspecified atom stereocenters. The fraction of sp³-hybridized carbons (Fsp3) is 0.381. The highest BCUT2D eigenvalue weighted by Gasteiger charge is 2.23. The highest BCUT2D eigenvalue weighted by atomic mass is 32.1. The number of hydrogen-bond donors (Lipinski definition) is 1. The lowest BCUT2D eigenvalue weighted by Gasteiger charge is -2.39. The van der Waals surface area contributed by atoms with E-state index < -0.39 is 0 Å². The van der Waals surface area contributed by atoms with Crippen LogP contribution in [0.4, 0.5) is 5.69 Å². The van der Waals surface area contributed by atoms with Crippen LogP contribution in [0.25, 0.3) is 0 Å². The number of benzene rings is 2. The molecule has 0 saturated carbocycles. The second-order valence-electron chi connectivity index (χ2n) is 6.47. The lowest BCUT2D eigenvalue weighted by molar-refractivity contribution is 0.142. The number of nitrogens with zero attached hydrogens (tertiary/aromatic N) is 2. The molecule has 3 rings (SSSR count). The van der Waals surface area contributed by atoms with Gasteiger partial charge >= 0.3 is 0 Å². The number of ether oxygens (including phenoxy) is 1. The third kappa shape index (κ3) is 4.54. The van der Waals surface area contributed by atoms with E-state index in [9.17, 15) is 0 Å². The molecule has 0 aliphatic carbocycles. The van der Waals surface area contributed by atoms with Gasteiger partial charge in [0.1, 0.15) is 5.75 Å². The van der Waals surface area contributed by atoms with E-state index in [1.165, 1.54) is 5.56 Å². The van der Waals surface area contributed by atoms with E-state index in [-0.39, 0.29) is 0 Å². The van der Waals surface area contributed by atoms with Crippen molar-refractivity contribution in [2.75, 3.05) is 38.1 Å². The fourth-order valence-corrected chi connectivity index (χ4v) is 3.59. The molecule has 138 valence electrons. The third-order valence-electron chi connectivity index (χ3n) is 4.86. The van der Waals surface area contributed by atoms with E-state index >= 15 is 0 Å². The molecule has 5 heteroatoms. The molecule has 2 aromatic rings. The van der Waals surface area contributed by atoms with Gasteiger partial charge in [-0.2, -0.15) is 0 Å². The summed E-state index contributed by atoms with van der Waals surface area (Å²) < 4.78 is 5.67. The Hall–Kier alpha value is -2.11. The second kappa shape index (κ2) is 9.01. The van der Waals surface area contributed by atoms with Gasteiger partial charge in [-0.1, -0.05) is 42.5 Å². The van der Waals surface area contributed by atoms with Crippen molar-refractivity contribution in [3.8, 4) is 5.75 Å². The molecule has 1 N–H and O–H groups in total. The van der Waals surface area contributed by atoms with Crippen LogP contribution in [-0.2, 0) is 0 Å². The quantitative estimate of drug-likeness (QED) is 0.799. The van der Waals surface area contributed by atoms with E-state index in [1.54, 1.807) is 0 Å². The Morgan fingerprint density at radius 3 is 2.38 bits per heavy atom. The standard InChI is InChI=1S/C21H27N3OS/c1-3-25-20-12-8-7-11-19(20)22-21(26)24-15-13-23(14-16-24)17(2)18-9-5-4-6-10-18/h4-12,17H,3,13-16H2,1-2H3,(H,22,26). The molecule has 0 amide bonds. The van der Waals surface area contributed by atoms with Gasteiger partial charge in [0.15, 0.2) is 5.11 Å². The Morgan fingerprint density at radius 1 is 1.04 bits per heavy atom. The molecule has 4 nitrogen and oxygen atoms in total. The molecule has 1 saturated heterocycles. The van der Waals surface area contributed by atoms with E-state index in [0.29, 0.717) is 12.6 Å². The highest BCUT2D eigenvalue weighted by molar-refractivity contribution is 7.80. The number of para-hydroxylation sites is 2. The van der Waals surface area contributed by atoms with E-state index in [2.05, 4.69) is 52.4 Å². The Bertz CT molecular complexity index is 714. The number of hydrogen-bond acceptors (Lipinski definition) is 3. The summed E-state index contributed by atoms with van der Waals surface area (Å²) in [7, 11) is 0. The lowest BCUT2D eigenvalue weighted by atomic mass is 10.1. The van der Waals surface area contributed by atoms with Crippen molar-refractivity contribution in [3.05, 3.63) is 60.2 Å². The van der Waals surface area contributed by atoms with Crippen LogP contribution in [0.1, 0.15) is 25.5 Å². The molecule has 1 heterocycles. The van der Waals surface area contributed by atoms with Crippen LogP contribution in [0, 0.1) is 0 Å². The molecule has 1 fully saturated rings. The van der Waals surface area contributed by atoms with Crippen molar-refractivity contribution in [2.24, 2.45) is 0 Å². The number of thiocarbonyl (C=S) groups is 1. The Kier molecular flexibility index (Phi) is 6.47. The minimum atomic E-state index is 0.429. The average molecular weight is 370 g/mol. The molecule has 0 bridgehead atoms. The first-order valence-corrected chi connectivity index (χ1v) is 9.66. The molecule has 1 aliphatic heterocycles. The summed E-state index contributed by atoms with van der Waals surface area (Å²) in [5.41, 5.74) is 2.30. The van der Waals surface area contributed by atoms with Crippen molar-refractivity contribution in [2.45, 2.75) is 19.9 Å². The lowest BCUT2D eigenvalue weighted by Crippen LogP contribution is -2.50. The summed E-state index contributed by atoms with van der Waals surface area (Å²) >= 11 is 5.64. The highest BCUT2D eigenvalue weighted by Crippen LogP contribution is 2.25. The third-order valence-corrected chi connectivity index (χ3v) is 5.22. The topological polar surface area (TPSA) is 27.7 Å². The summed E-state index contributed by atoms with van der Waals surface area (Å²) in [5.74, 6) is 0.841. The van der Waals surface area contributed by atoms with E-state index in [4.69, 9.17) is 17.0 Å². The van der Waals surface area contributed by atoms with Crippen molar-refractivity contribution in [1.82, 2.24) is 9.80 Å². The van der Waals surface area contributed by atoms with Crippen LogP contribution in [0.2, 0.25) is 0 Å². The molecule has 0 radical (unpaired) electrons. The SMILES string of the molecule is CCOc1ccccc1NC(=S)N1CCN(C(C)c2ccccc2)CC1. The summed E-state index contributed by atoms with van der Waals surface area (Å²) in [6, 6.07) is 19.1. The first-order chi connectivity index (χ1) is 12.7. The van der Waals surface area contributed by atoms with Crippen LogP contribution in [0.5, 0.6) is 5.75 Å². The van der Waals surface area contributed by atoms with E-state index in [1.807, 2.05) is 31.2 Å². The Morgan fingerprint density at radius 2 is 1.69 bits per heavy atom. The van der Waals surface area contributed by atoms with Gasteiger partial charge < -0.3 is 15.0 Å². The van der Waals surface area contributed by atoms with Gasteiger partial charge in [0.25, 0.3) is 0 Å². The summed E-state index contributed by atoms with van der Waals surface area (Å²) in [6.45, 7) is 8.78. The molecule has 0 aromatic heterocycles. The smallest absolute Gasteiger partial charge is 0.173 e. The average Bonchev–Trinajstić information content (AvgIpc) is 2.70. The van der Waals surface area contributed by atoms with Crippen LogP contribution >= 0.6 is 12.2 Å². The summed E-state index contributed by atoms with van der Waals surface area (Å²) in [6.07, 6.45) is 0. The van der Waals surface area contributed by atoms with E-state index in [0.717, 1.165) is 42.7 Å². The number of rotatable bonds is 5. The molecular formula is C21H27N3OS. The molecular weight excluding hydrogens is 342 g/mol. The Balaban J connectivity index is 1.56. The number of piperazine rings is 1. The van der Waals surface area contributed by atoms with Crippen molar-refractivity contribution >= 4 is 23.0 Å². The first kappa shape index (κ1) is 18.7. The second-order valence-corrected chi connectivity index (χ2v) is 6.86. The van der Waals surface area contributed by atoms with Gasteiger partial charge in [-0.05, 0) is 43.8 Å². The normalized spacial score (nSPS) is 16.2. The van der Waals surface area contributed by atoms with Crippen LogP contribution in [0.15, 0.2) is 54.6 Å². The largest absolute Gasteiger partial charge is 0.492 e. The van der Waals surface area contributed by atoms with Crippen LogP contribution in [0.3, 0.4) is 0 Å². The molecule has 1 aliphatic rings. The predicted molar refractivity (Wildman–Crippen MR) is 112 cm³/mol. The number of nitrogens with one attached hydrogen (secondary N) is 1. The fourth-order valence-electron chi connectivity index (χ4n) is 3.30. The van der Waals surface area contributed by atoms with Gasteiger partial charge in [0, 0.05) is 32.2 Å². The first-order valence-electron chi connectivity index (χ1n) is 9.25. The maximum Gasteiger partial charge on any atom is 0.173 e. The monoisotopic (exact) mass is 369 g/mol. The number of anilines is 1. The van der Waals surface area contributed by atoms with Crippen LogP contribution < -0.4 is 10.1 Å². The zero-order valence-corrected chi connectivity index (χ0v) is 16.3. The molecule has 26 heavy (non-hydrogen) atoms.